The summed E-state index contributed by atoms with van der Waals surface area (Å²) in [5.74, 6) is 0. The molecule has 0 heterocycles. The summed E-state index contributed by atoms with van der Waals surface area (Å²) >= 11 is 10.7. The van der Waals surface area contributed by atoms with E-state index in [2.05, 4.69) is 11.4 Å². The zero-order valence-electron chi connectivity index (χ0n) is 10.9. The van der Waals surface area contributed by atoms with Gasteiger partial charge >= 0.3 is 7.82 Å². The molecule has 0 amide bonds. The first kappa shape index (κ1) is 18.3. The quantitative estimate of drug-likeness (QED) is 0.290. The van der Waals surface area contributed by atoms with E-state index in [1.807, 2.05) is 0 Å². The maximum absolute atomic E-state index is 11.8. The van der Waals surface area contributed by atoms with Crippen molar-refractivity contribution in [3.63, 3.8) is 0 Å². The van der Waals surface area contributed by atoms with Crippen molar-refractivity contribution in [1.29, 1.82) is 0 Å². The Hall–Kier alpha value is 0.270. The van der Waals surface area contributed by atoms with Gasteiger partial charge in [0.15, 0.2) is 0 Å². The van der Waals surface area contributed by atoms with E-state index in [4.69, 9.17) is 32.2 Å². The van der Waals surface area contributed by atoms with Gasteiger partial charge in [-0.15, -0.1) is 0 Å². The van der Waals surface area contributed by atoms with Gasteiger partial charge in [0.25, 0.3) is 0 Å². The third-order valence-corrected chi connectivity index (χ3v) is 3.73. The summed E-state index contributed by atoms with van der Waals surface area (Å²) in [6.45, 7) is 2.50. The minimum Gasteiger partial charge on any atom is -0.409 e. The van der Waals surface area contributed by atoms with Gasteiger partial charge in [0.2, 0.25) is 0 Å². The highest BCUT2D eigenvalue weighted by Crippen LogP contribution is 2.49. The molecule has 0 aliphatic heterocycles. The minimum absolute atomic E-state index is 0.143. The summed E-state index contributed by atoms with van der Waals surface area (Å²) in [4.78, 5) is 0. The van der Waals surface area contributed by atoms with Gasteiger partial charge in [-0.1, -0.05) is 62.2 Å². The highest BCUT2D eigenvalue weighted by Gasteiger charge is 2.24. The third kappa shape index (κ3) is 10.2. The van der Waals surface area contributed by atoms with Crippen molar-refractivity contribution in [2.45, 2.75) is 45.4 Å². The van der Waals surface area contributed by atoms with Crippen LogP contribution in [0.1, 0.15) is 45.4 Å². The van der Waals surface area contributed by atoms with Crippen LogP contribution in [0.3, 0.4) is 0 Å². The van der Waals surface area contributed by atoms with E-state index in [0.717, 1.165) is 25.5 Å². The molecule has 1 atom stereocenters. The number of hydrogen-bond acceptors (Lipinski definition) is 4. The van der Waals surface area contributed by atoms with Crippen molar-refractivity contribution < 1.29 is 18.1 Å². The summed E-state index contributed by atoms with van der Waals surface area (Å²) in [7, 11) is -2.31. The number of halogens is 2. The second-order valence-corrected chi connectivity index (χ2v) is 6.48. The van der Waals surface area contributed by atoms with Crippen LogP contribution in [0, 0.1) is 0 Å². The molecule has 0 saturated carbocycles. The molecule has 0 aliphatic rings. The van der Waals surface area contributed by atoms with Crippen molar-refractivity contribution in [3.05, 3.63) is 10.8 Å². The molecule has 0 aromatic rings. The fourth-order valence-electron chi connectivity index (χ4n) is 1.29. The Bertz CT molecular complexity index is 280. The van der Waals surface area contributed by atoms with Gasteiger partial charge in [-0.05, 0) is 6.42 Å². The van der Waals surface area contributed by atoms with Crippen LogP contribution >= 0.6 is 31.0 Å². The number of hydrogen-bond donors (Lipinski definition) is 0. The highest BCUT2D eigenvalue weighted by atomic mass is 35.5. The zero-order valence-corrected chi connectivity index (χ0v) is 13.3. The first-order chi connectivity index (χ1) is 8.54. The molecule has 0 N–H and O–H groups in total. The number of phosphoric acid groups is 1. The van der Waals surface area contributed by atoms with Gasteiger partial charge in [0.1, 0.15) is 10.8 Å². The maximum atomic E-state index is 11.8. The largest absolute Gasteiger partial charge is 0.529 e. The fourth-order valence-corrected chi connectivity index (χ4v) is 2.34. The van der Waals surface area contributed by atoms with Gasteiger partial charge < -0.3 is 4.52 Å². The van der Waals surface area contributed by atoms with Crippen molar-refractivity contribution in [2.24, 2.45) is 0 Å². The Kier molecular flexibility index (Phi) is 11.3. The van der Waals surface area contributed by atoms with E-state index in [0.29, 0.717) is 6.61 Å². The molecular weight excluding hydrogens is 298 g/mol. The lowest BCUT2D eigenvalue weighted by Crippen LogP contribution is -1.97. The lowest BCUT2D eigenvalue weighted by atomic mass is 10.1. The van der Waals surface area contributed by atoms with Crippen LogP contribution in [0.15, 0.2) is 10.8 Å². The normalized spacial score (nSPS) is 14.0. The molecule has 108 valence electrons. The van der Waals surface area contributed by atoms with Gasteiger partial charge in [-0.3, -0.25) is 9.05 Å². The standard InChI is InChI=1S/C11H21Cl2O4P/c1-3-4-5-6-7-8-9-16-18(14,15-2)17-10-11(12)13/h10H,3-9H2,1-2H3. The van der Waals surface area contributed by atoms with Crippen molar-refractivity contribution in [1.82, 2.24) is 0 Å². The molecule has 0 aromatic heterocycles. The molecular formula is C11H21Cl2O4P. The monoisotopic (exact) mass is 318 g/mol. The molecule has 0 fully saturated rings. The highest BCUT2D eigenvalue weighted by molar-refractivity contribution is 7.48. The van der Waals surface area contributed by atoms with E-state index in [1.54, 1.807) is 0 Å². The number of rotatable bonds is 11. The maximum Gasteiger partial charge on any atom is 0.529 e. The van der Waals surface area contributed by atoms with Gasteiger partial charge in [0, 0.05) is 7.11 Å². The van der Waals surface area contributed by atoms with E-state index in [9.17, 15) is 4.57 Å². The Labute approximate surface area is 119 Å². The van der Waals surface area contributed by atoms with Crippen LogP contribution in [0.2, 0.25) is 0 Å². The summed E-state index contributed by atoms with van der Waals surface area (Å²) in [5.41, 5.74) is 0. The first-order valence-electron chi connectivity index (χ1n) is 6.04. The van der Waals surface area contributed by atoms with Crippen LogP contribution < -0.4 is 0 Å². The lowest BCUT2D eigenvalue weighted by molar-refractivity contribution is 0.162. The van der Waals surface area contributed by atoms with Crippen LogP contribution in [-0.2, 0) is 18.1 Å². The van der Waals surface area contributed by atoms with Crippen LogP contribution in [0.25, 0.3) is 0 Å². The van der Waals surface area contributed by atoms with Crippen LogP contribution in [0.4, 0.5) is 0 Å². The molecule has 18 heavy (non-hydrogen) atoms. The van der Waals surface area contributed by atoms with Gasteiger partial charge in [0.05, 0.1) is 6.61 Å². The summed E-state index contributed by atoms with van der Waals surface area (Å²) in [6.07, 6.45) is 7.64. The van der Waals surface area contributed by atoms with Gasteiger partial charge in [-0.25, -0.2) is 4.57 Å². The molecule has 0 aromatic carbocycles. The van der Waals surface area contributed by atoms with Crippen molar-refractivity contribution >= 4 is 31.0 Å². The van der Waals surface area contributed by atoms with Crippen LogP contribution in [-0.4, -0.2) is 13.7 Å². The third-order valence-electron chi connectivity index (χ3n) is 2.24. The lowest BCUT2D eigenvalue weighted by Gasteiger charge is -2.13. The SMILES string of the molecule is CCCCCCCCOP(=O)(OC)OC=C(Cl)Cl. The molecule has 7 heteroatoms. The Balaban J connectivity index is 3.73. The summed E-state index contributed by atoms with van der Waals surface area (Å²) in [6, 6.07) is 0. The molecule has 0 rings (SSSR count). The fraction of sp³-hybridized carbons (Fsp3) is 0.818. The second kappa shape index (κ2) is 11.1. The number of phosphoric ester groups is 1. The van der Waals surface area contributed by atoms with Crippen molar-refractivity contribution in [2.75, 3.05) is 13.7 Å². The second-order valence-electron chi connectivity index (χ2n) is 3.74. The predicted molar refractivity (Wildman–Crippen MR) is 74.8 cm³/mol. The minimum atomic E-state index is -3.56. The molecule has 0 radical (unpaired) electrons. The molecule has 0 aliphatic carbocycles. The molecule has 1 unspecified atom stereocenters. The summed E-state index contributed by atoms with van der Waals surface area (Å²) in [5, 5.41) is 0. The Morgan fingerprint density at radius 1 is 1.17 bits per heavy atom. The average molecular weight is 319 g/mol. The predicted octanol–water partition coefficient (Wildman–Crippen LogP) is 5.41. The first-order valence-corrected chi connectivity index (χ1v) is 8.25. The van der Waals surface area contributed by atoms with E-state index < -0.39 is 7.82 Å². The summed E-state index contributed by atoms with van der Waals surface area (Å²) < 4.78 is 26.2. The molecule has 0 saturated heterocycles. The van der Waals surface area contributed by atoms with E-state index >= 15 is 0 Å². The van der Waals surface area contributed by atoms with E-state index in [1.165, 1.54) is 26.4 Å². The topological polar surface area (TPSA) is 44.8 Å². The zero-order chi connectivity index (χ0) is 13.9. The van der Waals surface area contributed by atoms with Gasteiger partial charge in [-0.2, -0.15) is 0 Å². The van der Waals surface area contributed by atoms with Crippen molar-refractivity contribution in [3.8, 4) is 0 Å². The number of unbranched alkanes of at least 4 members (excludes halogenated alkanes) is 5. The Morgan fingerprint density at radius 3 is 2.33 bits per heavy atom. The molecule has 4 nitrogen and oxygen atoms in total. The van der Waals surface area contributed by atoms with Crippen LogP contribution in [0.5, 0.6) is 0 Å². The average Bonchev–Trinajstić information content (AvgIpc) is 2.35. The molecule has 0 bridgehead atoms. The van der Waals surface area contributed by atoms with E-state index in [-0.39, 0.29) is 4.49 Å². The Morgan fingerprint density at radius 2 is 1.78 bits per heavy atom. The smallest absolute Gasteiger partial charge is 0.409 e. The molecule has 0 spiro atoms.